The first-order valence-electron chi connectivity index (χ1n) is 27.3. The van der Waals surface area contributed by atoms with Crippen LogP contribution in [0.15, 0.2) is 34.4 Å². The fraction of sp³-hybridized carbons (Fsp3) is 0.800. The second-order valence-electron chi connectivity index (χ2n) is 27.6. The average Bonchev–Trinajstić information content (AvgIpc) is 3.67. The summed E-state index contributed by atoms with van der Waals surface area (Å²) in [5.41, 5.74) is -1.27. The number of aliphatic hydroxyl groups is 3. The maximum Gasteiger partial charge on any atom is 0.309 e. The smallest absolute Gasteiger partial charge is 0.309 e. The van der Waals surface area contributed by atoms with Crippen molar-refractivity contribution in [3.05, 3.63) is 34.4 Å². The van der Waals surface area contributed by atoms with Gasteiger partial charge < -0.3 is 20.1 Å². The van der Waals surface area contributed by atoms with Crippen molar-refractivity contribution in [3.8, 4) is 0 Å². The maximum atomic E-state index is 14.5. The van der Waals surface area contributed by atoms with Crippen LogP contribution >= 0.6 is 0 Å². The van der Waals surface area contributed by atoms with Gasteiger partial charge in [0.1, 0.15) is 29.6 Å². The zero-order valence-corrected chi connectivity index (χ0v) is 45.4. The minimum atomic E-state index is -1.70. The van der Waals surface area contributed by atoms with E-state index in [2.05, 4.69) is 53.7 Å². The number of hydrogen-bond donors (Lipinski definition) is 3. The van der Waals surface area contributed by atoms with Gasteiger partial charge in [0.25, 0.3) is 0 Å². The van der Waals surface area contributed by atoms with Gasteiger partial charge in [0.05, 0.1) is 18.1 Å². The normalized spacial score (nSPS) is 42.1. The van der Waals surface area contributed by atoms with Crippen LogP contribution in [0.3, 0.4) is 0 Å². The second kappa shape index (κ2) is 17.2. The van der Waals surface area contributed by atoms with Crippen LogP contribution < -0.4 is 0 Å². The summed E-state index contributed by atoms with van der Waals surface area (Å²) >= 11 is 0. The van der Waals surface area contributed by atoms with E-state index in [9.17, 15) is 44.1 Å². The lowest BCUT2D eigenvalue weighted by Gasteiger charge is -2.59. The molecule has 10 heteroatoms. The van der Waals surface area contributed by atoms with Crippen molar-refractivity contribution in [2.75, 3.05) is 6.61 Å². The second-order valence-corrected chi connectivity index (χ2v) is 27.6. The van der Waals surface area contributed by atoms with Gasteiger partial charge in [0.15, 0.2) is 11.6 Å². The van der Waals surface area contributed by atoms with Gasteiger partial charge in [-0.2, -0.15) is 0 Å². The summed E-state index contributed by atoms with van der Waals surface area (Å²) in [6, 6.07) is 0. The molecule has 0 bridgehead atoms. The minimum absolute atomic E-state index is 0.00758. The number of Topliss-reactive ketones (excluding diaryl/α,β-unsaturated/α-hetero) is 5. The first kappa shape index (κ1) is 53.2. The van der Waals surface area contributed by atoms with Crippen LogP contribution in [0.1, 0.15) is 193 Å². The molecule has 0 unspecified atom stereocenters. The van der Waals surface area contributed by atoms with E-state index in [1.54, 1.807) is 6.92 Å². The van der Waals surface area contributed by atoms with Crippen molar-refractivity contribution in [2.24, 2.45) is 84.7 Å². The van der Waals surface area contributed by atoms with E-state index in [0.717, 1.165) is 32.1 Å². The summed E-state index contributed by atoms with van der Waals surface area (Å²) in [6.07, 6.45) is 11.1. The van der Waals surface area contributed by atoms with E-state index < -0.39 is 58.0 Å². The molecule has 8 aliphatic rings. The Morgan fingerprint density at radius 2 is 1.36 bits per heavy atom. The van der Waals surface area contributed by atoms with Crippen LogP contribution in [0.2, 0.25) is 0 Å². The van der Waals surface area contributed by atoms with E-state index in [-0.39, 0.29) is 94.1 Å². The topological polar surface area (TPSA) is 172 Å². The predicted octanol–water partition coefficient (Wildman–Crippen LogP) is 10.4. The highest BCUT2D eigenvalue weighted by atomic mass is 16.5. The molecule has 0 saturated heterocycles. The Kier molecular flexibility index (Phi) is 13.1. The van der Waals surface area contributed by atoms with Crippen molar-refractivity contribution < 1.29 is 48.8 Å². The number of fused-ring (bicyclic) bond motifs is 9. The highest BCUT2D eigenvalue weighted by molar-refractivity contribution is 6.12. The molecule has 0 amide bonds. The minimum Gasteiger partial charge on any atom is -0.462 e. The van der Waals surface area contributed by atoms with Crippen molar-refractivity contribution >= 4 is 34.9 Å². The van der Waals surface area contributed by atoms with Gasteiger partial charge in [-0.3, -0.25) is 28.8 Å². The van der Waals surface area contributed by atoms with Crippen molar-refractivity contribution in [1.82, 2.24) is 0 Å². The van der Waals surface area contributed by atoms with Gasteiger partial charge in [-0.1, -0.05) is 102 Å². The Labute approximate surface area is 419 Å². The predicted molar refractivity (Wildman–Crippen MR) is 269 cm³/mol. The molecule has 8 rings (SSSR count). The van der Waals surface area contributed by atoms with Crippen molar-refractivity contribution in [1.29, 1.82) is 0 Å². The van der Waals surface area contributed by atoms with Crippen LogP contribution in [0.4, 0.5) is 0 Å². The highest BCUT2D eigenvalue weighted by Gasteiger charge is 2.70. The number of carbonyl (C=O) groups is 6. The third kappa shape index (κ3) is 7.51. The van der Waals surface area contributed by atoms with Crippen molar-refractivity contribution in [2.45, 2.75) is 211 Å². The number of ketones is 5. The molecule has 0 aliphatic heterocycles. The molecule has 0 aromatic heterocycles. The Bertz CT molecular complexity index is 2350. The molecule has 0 heterocycles. The Hall–Kier alpha value is -3.08. The number of esters is 1. The van der Waals surface area contributed by atoms with E-state index in [0.29, 0.717) is 67.3 Å². The Morgan fingerprint density at radius 1 is 0.743 bits per heavy atom. The molecule has 4 fully saturated rings. The van der Waals surface area contributed by atoms with Gasteiger partial charge in [-0.25, -0.2) is 0 Å². The SMILES string of the molecule is C[C@H](CC[C@H](O)[C@](C)(O)COC(=O)[C@@H](C)CC(=O)C[C@@H](C)[C@H]1C[C@@H](O)[C@@]2(C)C3=C(C(=O)C[C@]12C)[C@@]1(C)CCC(=O)C(C)(C)[C@@H]1CC3=O)[C@H]1CC[C@@]2(C)C3=CC[C@H]4C(C)(C)C(=O)CC[C@]4(C)C3=CC[C@]12C. The van der Waals surface area contributed by atoms with Gasteiger partial charge in [-0.15, -0.1) is 0 Å². The molecule has 4 saturated carbocycles. The molecule has 0 spiro atoms. The molecule has 16 atom stereocenters. The maximum absolute atomic E-state index is 14.5. The zero-order chi connectivity index (χ0) is 51.9. The first-order valence-corrected chi connectivity index (χ1v) is 27.3. The zero-order valence-electron chi connectivity index (χ0n) is 45.4. The number of allylic oxidation sites excluding steroid dienone is 5. The van der Waals surface area contributed by atoms with Crippen LogP contribution in [0, 0.1) is 84.7 Å². The lowest BCUT2D eigenvalue weighted by molar-refractivity contribution is -0.163. The standard InChI is InChI=1S/C60H88O10/c1-33(37-19-25-57(11)39-16-17-43-52(4,5)45(64)21-23-54(43,8)38(39)20-26-56(37,57)10)15-18-47(66)59(13,69)32-70-51(68)35(3)28-36(61)27-34(2)40-29-48(67)60(14)50-41(62)30-44-53(6,7)46(65)22-24-55(44,9)49(50)42(63)31-58(40,60)12/h16,20,33-35,37,40,43-44,47-48,66-67,69H,15,17-19,21-32H2,1-14H3/t33-,34-,35+,37-,40-,43+,44+,47+,48-,54-,55+,56-,57+,58-,59-,60+/m1/s1. The van der Waals surface area contributed by atoms with E-state index in [4.69, 9.17) is 4.74 Å². The molecule has 8 aliphatic carbocycles. The third-order valence-corrected chi connectivity index (χ3v) is 23.2. The van der Waals surface area contributed by atoms with Crippen LogP contribution in [0.25, 0.3) is 0 Å². The highest BCUT2D eigenvalue weighted by Crippen LogP contribution is 2.73. The summed E-state index contributed by atoms with van der Waals surface area (Å²) in [5, 5.41) is 34.8. The quantitative estimate of drug-likeness (QED) is 0.151. The van der Waals surface area contributed by atoms with E-state index >= 15 is 0 Å². The van der Waals surface area contributed by atoms with Gasteiger partial charge in [-0.05, 0) is 133 Å². The van der Waals surface area contributed by atoms with E-state index in [1.165, 1.54) is 18.1 Å². The van der Waals surface area contributed by atoms with Gasteiger partial charge in [0.2, 0.25) is 0 Å². The average molecular weight is 969 g/mol. The number of aliphatic hydroxyl groups excluding tert-OH is 2. The lowest BCUT2D eigenvalue weighted by atomic mass is 9.42. The van der Waals surface area contributed by atoms with Crippen LogP contribution in [-0.2, 0) is 33.5 Å². The summed E-state index contributed by atoms with van der Waals surface area (Å²) in [7, 11) is 0. The summed E-state index contributed by atoms with van der Waals surface area (Å²) < 4.78 is 5.61. The first-order chi connectivity index (χ1) is 32.2. The third-order valence-electron chi connectivity index (χ3n) is 23.2. The van der Waals surface area contributed by atoms with E-state index in [1.807, 2.05) is 41.5 Å². The summed E-state index contributed by atoms with van der Waals surface area (Å²) in [5.74, 6) is -1.14. The number of rotatable bonds is 13. The summed E-state index contributed by atoms with van der Waals surface area (Å²) in [6.45, 7) is 28.3. The number of ether oxygens (including phenoxy) is 1. The van der Waals surface area contributed by atoms with Crippen LogP contribution in [-0.4, -0.2) is 74.6 Å². The monoisotopic (exact) mass is 969 g/mol. The molecule has 70 heavy (non-hydrogen) atoms. The number of hydrogen-bond acceptors (Lipinski definition) is 10. The fourth-order valence-electron chi connectivity index (χ4n) is 18.1. The molecular weight excluding hydrogens is 881 g/mol. The van der Waals surface area contributed by atoms with Crippen molar-refractivity contribution in [3.63, 3.8) is 0 Å². The largest absolute Gasteiger partial charge is 0.462 e. The molecule has 0 radical (unpaired) electrons. The Balaban J connectivity index is 0.846. The molecular formula is C60H88O10. The molecule has 0 aromatic carbocycles. The van der Waals surface area contributed by atoms with Crippen LogP contribution in [0.5, 0.6) is 0 Å². The van der Waals surface area contributed by atoms with Gasteiger partial charge in [0, 0.05) is 71.3 Å². The molecule has 0 aromatic rings. The Morgan fingerprint density at radius 3 is 2.00 bits per heavy atom. The molecule has 388 valence electrons. The molecule has 3 N–H and O–H groups in total. The molecule has 10 nitrogen and oxygen atoms in total. The number of carbonyl (C=O) groups excluding carboxylic acids is 6. The fourth-order valence-corrected chi connectivity index (χ4v) is 18.1. The summed E-state index contributed by atoms with van der Waals surface area (Å²) in [4.78, 5) is 82.0. The lowest BCUT2D eigenvalue weighted by Crippen LogP contribution is -2.59. The van der Waals surface area contributed by atoms with Gasteiger partial charge >= 0.3 is 5.97 Å².